The van der Waals surface area contributed by atoms with E-state index in [9.17, 15) is 4.39 Å². The normalized spacial score (nSPS) is 23.2. The lowest BCUT2D eigenvalue weighted by Crippen LogP contribution is -2.39. The molecule has 1 unspecified atom stereocenters. The van der Waals surface area contributed by atoms with Crippen LogP contribution >= 0.6 is 11.6 Å². The lowest BCUT2D eigenvalue weighted by Gasteiger charge is -2.29. The number of halogens is 2. The Morgan fingerprint density at radius 3 is 2.89 bits per heavy atom. The van der Waals surface area contributed by atoms with Gasteiger partial charge in [-0.3, -0.25) is 0 Å². The molecule has 1 heterocycles. The minimum atomic E-state index is -0.343. The minimum Gasteiger partial charge on any atom is -0.381 e. The van der Waals surface area contributed by atoms with Crippen LogP contribution in [-0.4, -0.2) is 25.8 Å². The maximum absolute atomic E-state index is 13.5. The second-order valence-electron chi connectivity index (χ2n) is 5.73. The van der Waals surface area contributed by atoms with Crippen LogP contribution in [0, 0.1) is 11.2 Å². The van der Waals surface area contributed by atoms with Gasteiger partial charge < -0.3 is 10.1 Å². The van der Waals surface area contributed by atoms with Crippen molar-refractivity contribution >= 4 is 11.6 Å². The smallest absolute Gasteiger partial charge is 0.142 e. The molecule has 1 fully saturated rings. The largest absolute Gasteiger partial charge is 0.381 e. The van der Waals surface area contributed by atoms with Crippen molar-refractivity contribution in [3.8, 4) is 0 Å². The number of nitrogens with one attached hydrogen (secondary N) is 1. The molecular weight excluding hydrogens is 265 g/mol. The fourth-order valence-electron chi connectivity index (χ4n) is 2.50. The van der Waals surface area contributed by atoms with Gasteiger partial charge in [0.15, 0.2) is 0 Å². The summed E-state index contributed by atoms with van der Waals surface area (Å²) < 4.78 is 19.1. The van der Waals surface area contributed by atoms with E-state index in [1.807, 2.05) is 6.07 Å². The van der Waals surface area contributed by atoms with Crippen LogP contribution in [0.1, 0.15) is 25.8 Å². The Morgan fingerprint density at radius 2 is 2.26 bits per heavy atom. The molecule has 0 bridgehead atoms. The summed E-state index contributed by atoms with van der Waals surface area (Å²) in [4.78, 5) is 0. The Kier molecular flexibility index (Phi) is 4.82. The number of ether oxygens (including phenoxy) is 1. The zero-order valence-corrected chi connectivity index (χ0v) is 12.3. The second kappa shape index (κ2) is 6.21. The van der Waals surface area contributed by atoms with Crippen molar-refractivity contribution in [1.82, 2.24) is 5.32 Å². The van der Waals surface area contributed by atoms with Crippen molar-refractivity contribution in [2.75, 3.05) is 19.8 Å². The highest BCUT2D eigenvalue weighted by Gasteiger charge is 2.35. The molecule has 2 nitrogen and oxygen atoms in total. The molecule has 1 saturated heterocycles. The molecule has 0 radical (unpaired) electrons. The summed E-state index contributed by atoms with van der Waals surface area (Å²) in [7, 11) is 0. The van der Waals surface area contributed by atoms with Crippen LogP contribution in [0.15, 0.2) is 18.2 Å². The first-order chi connectivity index (χ1) is 9.02. The van der Waals surface area contributed by atoms with Crippen LogP contribution in [0.3, 0.4) is 0 Å². The topological polar surface area (TPSA) is 21.3 Å². The van der Waals surface area contributed by atoms with Gasteiger partial charge in [0.2, 0.25) is 0 Å². The first-order valence-electron chi connectivity index (χ1n) is 6.76. The molecule has 0 amide bonds. The fraction of sp³-hybridized carbons (Fsp3) is 0.600. The lowest BCUT2D eigenvalue weighted by molar-refractivity contribution is 0.148. The van der Waals surface area contributed by atoms with E-state index >= 15 is 0 Å². The highest BCUT2D eigenvalue weighted by atomic mass is 35.5. The maximum Gasteiger partial charge on any atom is 0.142 e. The van der Waals surface area contributed by atoms with Crippen molar-refractivity contribution in [2.24, 2.45) is 5.41 Å². The van der Waals surface area contributed by atoms with Crippen LogP contribution < -0.4 is 5.32 Å². The van der Waals surface area contributed by atoms with Crippen molar-refractivity contribution in [2.45, 2.75) is 32.7 Å². The van der Waals surface area contributed by atoms with E-state index in [-0.39, 0.29) is 16.3 Å². The van der Waals surface area contributed by atoms with Gasteiger partial charge in [0.1, 0.15) is 5.82 Å². The second-order valence-corrected chi connectivity index (χ2v) is 6.11. The van der Waals surface area contributed by atoms with Gasteiger partial charge in [-0.1, -0.05) is 37.6 Å². The molecular formula is C15H21ClFNO. The predicted octanol–water partition coefficient (Wildman–Crippen LogP) is 3.43. The molecule has 1 atom stereocenters. The average molecular weight is 286 g/mol. The third kappa shape index (κ3) is 3.68. The molecule has 0 saturated carbocycles. The average Bonchev–Trinajstić information content (AvgIpc) is 2.82. The third-order valence-corrected chi connectivity index (χ3v) is 4.09. The molecule has 1 N–H and O–H groups in total. The molecule has 0 spiro atoms. The molecule has 0 aromatic heterocycles. The van der Waals surface area contributed by atoms with Gasteiger partial charge in [-0.05, 0) is 24.5 Å². The van der Waals surface area contributed by atoms with E-state index < -0.39 is 0 Å². The third-order valence-electron chi connectivity index (χ3n) is 3.67. The summed E-state index contributed by atoms with van der Waals surface area (Å²) in [6.45, 7) is 6.60. The standard InChI is InChI=1S/C15H21ClFNO/c1-11(2)18-9-15(6-7-19-10-15)8-12-4-3-5-13(17)14(12)16/h3-5,11,18H,6-10H2,1-2H3. The Bertz CT molecular complexity index is 430. The van der Waals surface area contributed by atoms with Crippen molar-refractivity contribution in [3.05, 3.63) is 34.6 Å². The van der Waals surface area contributed by atoms with E-state index in [0.29, 0.717) is 12.6 Å². The Hall–Kier alpha value is -0.640. The van der Waals surface area contributed by atoms with E-state index in [1.54, 1.807) is 6.07 Å². The minimum absolute atomic E-state index is 0.0295. The van der Waals surface area contributed by atoms with E-state index in [4.69, 9.17) is 16.3 Å². The number of hydrogen-bond donors (Lipinski definition) is 1. The van der Waals surface area contributed by atoms with Crippen molar-refractivity contribution in [1.29, 1.82) is 0 Å². The molecule has 1 aliphatic rings. The quantitative estimate of drug-likeness (QED) is 0.895. The van der Waals surface area contributed by atoms with Crippen LogP contribution in [0.25, 0.3) is 0 Å². The Labute approximate surface area is 119 Å². The predicted molar refractivity (Wildman–Crippen MR) is 76.1 cm³/mol. The highest BCUT2D eigenvalue weighted by Crippen LogP contribution is 2.35. The van der Waals surface area contributed by atoms with Gasteiger partial charge in [-0.25, -0.2) is 4.39 Å². The van der Waals surface area contributed by atoms with Crippen LogP contribution in [0.5, 0.6) is 0 Å². The van der Waals surface area contributed by atoms with Gasteiger partial charge >= 0.3 is 0 Å². The Balaban J connectivity index is 2.14. The van der Waals surface area contributed by atoms with Gasteiger partial charge in [-0.2, -0.15) is 0 Å². The molecule has 2 rings (SSSR count). The SMILES string of the molecule is CC(C)NCC1(Cc2cccc(F)c2Cl)CCOC1. The lowest BCUT2D eigenvalue weighted by atomic mass is 9.80. The molecule has 1 aliphatic heterocycles. The van der Waals surface area contributed by atoms with Crippen LogP contribution in [0.4, 0.5) is 4.39 Å². The molecule has 106 valence electrons. The Morgan fingerprint density at radius 1 is 1.47 bits per heavy atom. The van der Waals surface area contributed by atoms with E-state index in [2.05, 4.69) is 19.2 Å². The number of benzene rings is 1. The van der Waals surface area contributed by atoms with Gasteiger partial charge in [0.25, 0.3) is 0 Å². The molecule has 1 aromatic rings. The van der Waals surface area contributed by atoms with E-state index in [1.165, 1.54) is 6.07 Å². The summed E-state index contributed by atoms with van der Waals surface area (Å²) >= 11 is 6.06. The van der Waals surface area contributed by atoms with Crippen LogP contribution in [0.2, 0.25) is 5.02 Å². The summed E-state index contributed by atoms with van der Waals surface area (Å²) in [5.74, 6) is -0.343. The number of rotatable bonds is 5. The first-order valence-corrected chi connectivity index (χ1v) is 7.14. The monoisotopic (exact) mass is 285 g/mol. The summed E-state index contributed by atoms with van der Waals surface area (Å²) in [5.41, 5.74) is 0.902. The summed E-state index contributed by atoms with van der Waals surface area (Å²) in [5, 5.41) is 3.71. The van der Waals surface area contributed by atoms with Gasteiger partial charge in [0.05, 0.1) is 11.6 Å². The van der Waals surface area contributed by atoms with E-state index in [0.717, 1.165) is 31.6 Å². The molecule has 4 heteroatoms. The summed E-state index contributed by atoms with van der Waals surface area (Å²) in [6.07, 6.45) is 1.74. The molecule has 19 heavy (non-hydrogen) atoms. The first kappa shape index (κ1) is 14.8. The zero-order valence-electron chi connectivity index (χ0n) is 11.5. The summed E-state index contributed by atoms with van der Waals surface area (Å²) in [6, 6.07) is 5.45. The molecule has 0 aliphatic carbocycles. The fourth-order valence-corrected chi connectivity index (χ4v) is 2.69. The number of hydrogen-bond acceptors (Lipinski definition) is 2. The maximum atomic E-state index is 13.5. The zero-order chi connectivity index (χ0) is 13.9. The van der Waals surface area contributed by atoms with Crippen molar-refractivity contribution in [3.63, 3.8) is 0 Å². The molecule has 1 aromatic carbocycles. The van der Waals surface area contributed by atoms with Gasteiger partial charge in [0, 0.05) is 24.6 Å². The van der Waals surface area contributed by atoms with Gasteiger partial charge in [-0.15, -0.1) is 0 Å². The van der Waals surface area contributed by atoms with Crippen LogP contribution in [-0.2, 0) is 11.2 Å². The van der Waals surface area contributed by atoms with Crippen molar-refractivity contribution < 1.29 is 9.13 Å². The highest BCUT2D eigenvalue weighted by molar-refractivity contribution is 6.31.